The predicted octanol–water partition coefficient (Wildman–Crippen LogP) is 3.95. The Labute approximate surface area is 147 Å². The zero-order valence-corrected chi connectivity index (χ0v) is 14.9. The van der Waals surface area contributed by atoms with Gasteiger partial charge in [0.1, 0.15) is 17.3 Å². The first-order chi connectivity index (χ1) is 12.0. The fourth-order valence-electron chi connectivity index (χ4n) is 3.35. The van der Waals surface area contributed by atoms with Gasteiger partial charge in [-0.15, -0.1) is 0 Å². The Kier molecular flexibility index (Phi) is 5.06. The third-order valence-electron chi connectivity index (χ3n) is 4.70. The SMILES string of the molecule is CCC(CC)n1nc(C)cc1C(=O)N[C@@H]1CCOc2ccc(F)cc21. The summed E-state index contributed by atoms with van der Waals surface area (Å²) in [6, 6.07) is 6.14. The van der Waals surface area contributed by atoms with Gasteiger partial charge in [0, 0.05) is 12.0 Å². The Morgan fingerprint density at radius 1 is 1.40 bits per heavy atom. The first-order valence-corrected chi connectivity index (χ1v) is 8.82. The van der Waals surface area contributed by atoms with Gasteiger partial charge in [-0.3, -0.25) is 9.48 Å². The summed E-state index contributed by atoms with van der Waals surface area (Å²) in [7, 11) is 0. The number of benzene rings is 1. The number of ether oxygens (including phenoxy) is 1. The molecule has 2 heterocycles. The van der Waals surface area contributed by atoms with E-state index in [1.807, 2.05) is 11.6 Å². The maximum atomic E-state index is 13.6. The highest BCUT2D eigenvalue weighted by molar-refractivity contribution is 5.93. The van der Waals surface area contributed by atoms with Gasteiger partial charge in [0.2, 0.25) is 0 Å². The Bertz CT molecular complexity index is 768. The minimum atomic E-state index is -0.332. The molecule has 0 aliphatic carbocycles. The second-order valence-corrected chi connectivity index (χ2v) is 6.43. The van der Waals surface area contributed by atoms with Crippen LogP contribution in [0.4, 0.5) is 4.39 Å². The van der Waals surface area contributed by atoms with Crippen molar-refractivity contribution in [2.75, 3.05) is 6.61 Å². The number of halogens is 1. The van der Waals surface area contributed by atoms with Crippen LogP contribution < -0.4 is 10.1 Å². The van der Waals surface area contributed by atoms with E-state index in [2.05, 4.69) is 24.3 Å². The van der Waals surface area contributed by atoms with Gasteiger partial charge in [-0.25, -0.2) is 4.39 Å². The predicted molar refractivity (Wildman–Crippen MR) is 93.3 cm³/mol. The molecular formula is C19H24FN3O2. The van der Waals surface area contributed by atoms with E-state index >= 15 is 0 Å². The van der Waals surface area contributed by atoms with Gasteiger partial charge < -0.3 is 10.1 Å². The average molecular weight is 345 g/mol. The van der Waals surface area contributed by atoms with Crippen molar-refractivity contribution < 1.29 is 13.9 Å². The number of fused-ring (bicyclic) bond motifs is 1. The molecule has 0 radical (unpaired) electrons. The third kappa shape index (κ3) is 3.52. The molecule has 1 N–H and O–H groups in total. The van der Waals surface area contributed by atoms with E-state index in [4.69, 9.17) is 4.74 Å². The van der Waals surface area contributed by atoms with Crippen LogP contribution in [0, 0.1) is 12.7 Å². The minimum Gasteiger partial charge on any atom is -0.493 e. The molecule has 0 fully saturated rings. The number of rotatable bonds is 5. The van der Waals surface area contributed by atoms with Crippen molar-refractivity contribution in [3.8, 4) is 5.75 Å². The molecule has 1 aromatic carbocycles. The van der Waals surface area contributed by atoms with Crippen molar-refractivity contribution >= 4 is 5.91 Å². The molecule has 1 aromatic heterocycles. The third-order valence-corrected chi connectivity index (χ3v) is 4.70. The molecule has 25 heavy (non-hydrogen) atoms. The quantitative estimate of drug-likeness (QED) is 0.893. The van der Waals surface area contributed by atoms with E-state index in [9.17, 15) is 9.18 Å². The monoisotopic (exact) mass is 345 g/mol. The van der Waals surface area contributed by atoms with E-state index in [1.165, 1.54) is 12.1 Å². The summed E-state index contributed by atoms with van der Waals surface area (Å²) < 4.78 is 21.0. The van der Waals surface area contributed by atoms with Gasteiger partial charge in [-0.2, -0.15) is 5.10 Å². The van der Waals surface area contributed by atoms with Crippen LogP contribution in [-0.2, 0) is 0 Å². The molecule has 1 aliphatic rings. The number of nitrogens with one attached hydrogen (secondary N) is 1. The van der Waals surface area contributed by atoms with Crippen LogP contribution in [0.15, 0.2) is 24.3 Å². The lowest BCUT2D eigenvalue weighted by atomic mass is 10.00. The van der Waals surface area contributed by atoms with Crippen LogP contribution in [0.3, 0.4) is 0 Å². The summed E-state index contributed by atoms with van der Waals surface area (Å²) in [4.78, 5) is 12.9. The molecule has 5 nitrogen and oxygen atoms in total. The second kappa shape index (κ2) is 7.25. The van der Waals surface area contributed by atoms with Gasteiger partial charge in [-0.1, -0.05) is 13.8 Å². The van der Waals surface area contributed by atoms with Crippen LogP contribution in [-0.4, -0.2) is 22.3 Å². The molecule has 0 saturated carbocycles. The molecule has 1 atom stereocenters. The molecule has 0 saturated heterocycles. The topological polar surface area (TPSA) is 56.2 Å². The first-order valence-electron chi connectivity index (χ1n) is 8.82. The van der Waals surface area contributed by atoms with Crippen LogP contribution in [0.5, 0.6) is 5.75 Å². The summed E-state index contributed by atoms with van der Waals surface area (Å²) >= 11 is 0. The maximum Gasteiger partial charge on any atom is 0.270 e. The van der Waals surface area contributed by atoms with E-state index in [-0.39, 0.29) is 23.8 Å². The van der Waals surface area contributed by atoms with E-state index in [1.54, 1.807) is 12.1 Å². The number of hydrogen-bond acceptors (Lipinski definition) is 3. The van der Waals surface area contributed by atoms with Crippen molar-refractivity contribution in [1.29, 1.82) is 0 Å². The zero-order chi connectivity index (χ0) is 18.0. The highest BCUT2D eigenvalue weighted by atomic mass is 19.1. The second-order valence-electron chi connectivity index (χ2n) is 6.43. The highest BCUT2D eigenvalue weighted by Crippen LogP contribution is 2.32. The maximum absolute atomic E-state index is 13.6. The molecule has 134 valence electrons. The van der Waals surface area contributed by atoms with Crippen LogP contribution >= 0.6 is 0 Å². The molecule has 2 aromatic rings. The summed E-state index contributed by atoms with van der Waals surface area (Å²) in [5.74, 6) is 0.110. The van der Waals surface area contributed by atoms with Crippen molar-refractivity contribution in [1.82, 2.24) is 15.1 Å². The zero-order valence-electron chi connectivity index (χ0n) is 14.9. The van der Waals surface area contributed by atoms with Crippen LogP contribution in [0.2, 0.25) is 0 Å². The fourth-order valence-corrected chi connectivity index (χ4v) is 3.35. The molecule has 0 bridgehead atoms. The first kappa shape index (κ1) is 17.5. The number of amides is 1. The van der Waals surface area contributed by atoms with Gasteiger partial charge in [0.15, 0.2) is 0 Å². The summed E-state index contributed by atoms with van der Waals surface area (Å²) in [6.45, 7) is 6.55. The largest absolute Gasteiger partial charge is 0.493 e. The van der Waals surface area contributed by atoms with Crippen LogP contribution in [0.1, 0.15) is 66.9 Å². The lowest BCUT2D eigenvalue weighted by molar-refractivity contribution is 0.0910. The van der Waals surface area contributed by atoms with Crippen LogP contribution in [0.25, 0.3) is 0 Å². The van der Waals surface area contributed by atoms with Crippen molar-refractivity contribution in [3.05, 3.63) is 47.0 Å². The molecule has 6 heteroatoms. The Morgan fingerprint density at radius 2 is 2.16 bits per heavy atom. The number of aryl methyl sites for hydroxylation is 1. The molecule has 1 aliphatic heterocycles. The Hall–Kier alpha value is -2.37. The molecule has 3 rings (SSSR count). The number of carbonyl (C=O) groups excluding carboxylic acids is 1. The van der Waals surface area contributed by atoms with Gasteiger partial charge in [-0.05, 0) is 44.0 Å². The highest BCUT2D eigenvalue weighted by Gasteiger charge is 2.26. The average Bonchev–Trinajstić information content (AvgIpc) is 2.98. The summed E-state index contributed by atoms with van der Waals surface area (Å²) in [5.41, 5.74) is 2.05. The molecule has 0 unspecified atom stereocenters. The molecular weight excluding hydrogens is 321 g/mol. The number of nitrogens with zero attached hydrogens (tertiary/aromatic N) is 2. The lowest BCUT2D eigenvalue weighted by Crippen LogP contribution is -2.34. The fraction of sp³-hybridized carbons (Fsp3) is 0.474. The molecule has 0 spiro atoms. The molecule has 1 amide bonds. The lowest BCUT2D eigenvalue weighted by Gasteiger charge is -2.27. The Morgan fingerprint density at radius 3 is 2.88 bits per heavy atom. The van der Waals surface area contributed by atoms with Gasteiger partial charge in [0.25, 0.3) is 5.91 Å². The number of hydrogen-bond donors (Lipinski definition) is 1. The summed E-state index contributed by atoms with van der Waals surface area (Å²) in [5, 5.41) is 7.53. The summed E-state index contributed by atoms with van der Waals surface area (Å²) in [6.07, 6.45) is 2.42. The standard InChI is InChI=1S/C19H24FN3O2/c1-4-14(5-2)23-17(10-12(3)22-23)19(24)21-16-8-9-25-18-7-6-13(20)11-15(16)18/h6-7,10-11,14,16H,4-5,8-9H2,1-3H3,(H,21,24)/t16-/m1/s1. The van der Waals surface area contributed by atoms with E-state index in [0.29, 0.717) is 30.0 Å². The normalized spacial score (nSPS) is 16.4. The number of carbonyl (C=O) groups is 1. The van der Waals surface area contributed by atoms with Gasteiger partial charge in [0.05, 0.1) is 24.4 Å². The van der Waals surface area contributed by atoms with Crippen molar-refractivity contribution in [2.45, 2.75) is 52.1 Å². The van der Waals surface area contributed by atoms with Gasteiger partial charge >= 0.3 is 0 Å². The Balaban J connectivity index is 1.86. The van der Waals surface area contributed by atoms with Crippen molar-refractivity contribution in [3.63, 3.8) is 0 Å². The van der Waals surface area contributed by atoms with Crippen molar-refractivity contribution in [2.24, 2.45) is 0 Å². The van der Waals surface area contributed by atoms with E-state index in [0.717, 1.165) is 18.5 Å². The van der Waals surface area contributed by atoms with E-state index < -0.39 is 0 Å². The smallest absolute Gasteiger partial charge is 0.270 e. The number of aromatic nitrogens is 2. The minimum absolute atomic E-state index is 0.186.